The molecule has 0 atom stereocenters. The standard InChI is InChI=1S/C16H20F3N9/c1-9-11(7-28(25-9)15(2,3)13-22-8-27(5)26-13)23-14-21-6-10(16(17,18)19)12(20-4)24-14/h6-8H,1-5H3,(H2,20,21,23,24). The molecule has 0 aliphatic heterocycles. The SMILES string of the molecule is CNc1nc(Nc2cn(C(C)(C)c3ncn(C)n3)nc2C)ncc1C(F)(F)F. The van der Waals surface area contributed by atoms with Crippen molar-refractivity contribution in [2.75, 3.05) is 17.7 Å². The second-order valence-electron chi connectivity index (χ2n) is 6.70. The fraction of sp³-hybridized carbons (Fsp3) is 0.438. The maximum Gasteiger partial charge on any atom is 0.421 e. The van der Waals surface area contributed by atoms with E-state index in [9.17, 15) is 13.2 Å². The van der Waals surface area contributed by atoms with Gasteiger partial charge in [-0.15, -0.1) is 0 Å². The van der Waals surface area contributed by atoms with E-state index in [1.54, 1.807) is 35.9 Å². The first kappa shape index (κ1) is 19.6. The summed E-state index contributed by atoms with van der Waals surface area (Å²) in [5.41, 5.74) is -0.386. The zero-order chi connectivity index (χ0) is 20.7. The predicted molar refractivity (Wildman–Crippen MR) is 96.3 cm³/mol. The van der Waals surface area contributed by atoms with Crippen molar-refractivity contribution in [3.8, 4) is 0 Å². The van der Waals surface area contributed by atoms with E-state index in [0.717, 1.165) is 6.20 Å². The zero-order valence-electron chi connectivity index (χ0n) is 16.0. The average Bonchev–Trinajstić information content (AvgIpc) is 3.21. The van der Waals surface area contributed by atoms with E-state index in [0.29, 0.717) is 17.2 Å². The first-order chi connectivity index (χ1) is 13.0. The molecule has 0 aromatic carbocycles. The van der Waals surface area contributed by atoms with Crippen molar-refractivity contribution in [2.24, 2.45) is 7.05 Å². The second kappa shape index (κ2) is 6.77. The lowest BCUT2D eigenvalue weighted by molar-refractivity contribution is -0.137. The van der Waals surface area contributed by atoms with Gasteiger partial charge in [-0.3, -0.25) is 9.36 Å². The highest BCUT2D eigenvalue weighted by Crippen LogP contribution is 2.34. The van der Waals surface area contributed by atoms with Gasteiger partial charge < -0.3 is 10.6 Å². The molecule has 2 N–H and O–H groups in total. The molecule has 0 radical (unpaired) electrons. The van der Waals surface area contributed by atoms with Gasteiger partial charge in [0.25, 0.3) is 0 Å². The summed E-state index contributed by atoms with van der Waals surface area (Å²) in [7, 11) is 3.14. The zero-order valence-corrected chi connectivity index (χ0v) is 16.0. The summed E-state index contributed by atoms with van der Waals surface area (Å²) in [5.74, 6) is 0.286. The number of halogens is 3. The molecule has 0 fully saturated rings. The fourth-order valence-electron chi connectivity index (χ4n) is 2.55. The maximum absolute atomic E-state index is 13.0. The van der Waals surface area contributed by atoms with Gasteiger partial charge in [0.1, 0.15) is 23.2 Å². The van der Waals surface area contributed by atoms with Gasteiger partial charge in [-0.1, -0.05) is 0 Å². The molecule has 0 aliphatic rings. The Balaban J connectivity index is 1.90. The molecule has 0 amide bonds. The van der Waals surface area contributed by atoms with Crippen LogP contribution in [0.4, 0.5) is 30.6 Å². The van der Waals surface area contributed by atoms with Crippen LogP contribution < -0.4 is 10.6 Å². The third-order valence-electron chi connectivity index (χ3n) is 4.20. The molecule has 3 heterocycles. The van der Waals surface area contributed by atoms with Gasteiger partial charge in [0, 0.05) is 26.5 Å². The monoisotopic (exact) mass is 395 g/mol. The van der Waals surface area contributed by atoms with Crippen molar-refractivity contribution >= 4 is 17.5 Å². The van der Waals surface area contributed by atoms with E-state index in [1.807, 2.05) is 13.8 Å². The van der Waals surface area contributed by atoms with E-state index < -0.39 is 17.3 Å². The molecule has 0 saturated heterocycles. The van der Waals surface area contributed by atoms with Gasteiger partial charge >= 0.3 is 6.18 Å². The minimum atomic E-state index is -4.54. The van der Waals surface area contributed by atoms with Crippen molar-refractivity contribution in [3.05, 3.63) is 35.8 Å². The Morgan fingerprint density at radius 1 is 1.11 bits per heavy atom. The summed E-state index contributed by atoms with van der Waals surface area (Å²) in [6, 6.07) is 0. The Hall–Kier alpha value is -3.18. The molecule has 0 aliphatic carbocycles. The maximum atomic E-state index is 13.0. The Kier molecular flexibility index (Phi) is 4.73. The van der Waals surface area contributed by atoms with Crippen molar-refractivity contribution in [2.45, 2.75) is 32.5 Å². The summed E-state index contributed by atoms with van der Waals surface area (Å²) >= 11 is 0. The molecule has 12 heteroatoms. The molecule has 9 nitrogen and oxygen atoms in total. The molecule has 3 aromatic heterocycles. The third kappa shape index (κ3) is 3.62. The number of alkyl halides is 3. The van der Waals surface area contributed by atoms with Crippen LogP contribution in [-0.2, 0) is 18.8 Å². The third-order valence-corrected chi connectivity index (χ3v) is 4.20. The lowest BCUT2D eigenvalue weighted by atomic mass is 10.1. The average molecular weight is 395 g/mol. The second-order valence-corrected chi connectivity index (χ2v) is 6.70. The van der Waals surface area contributed by atoms with Gasteiger partial charge in [0.2, 0.25) is 5.95 Å². The summed E-state index contributed by atoms with van der Waals surface area (Å²) < 4.78 is 42.2. The lowest BCUT2D eigenvalue weighted by Gasteiger charge is -2.21. The van der Waals surface area contributed by atoms with Gasteiger partial charge in [-0.25, -0.2) is 9.97 Å². The first-order valence-corrected chi connectivity index (χ1v) is 8.34. The van der Waals surface area contributed by atoms with E-state index in [1.165, 1.54) is 7.05 Å². The number of aryl methyl sites for hydroxylation is 2. The summed E-state index contributed by atoms with van der Waals surface area (Å²) in [6.45, 7) is 5.59. The number of anilines is 3. The highest BCUT2D eigenvalue weighted by Gasteiger charge is 2.35. The molecule has 28 heavy (non-hydrogen) atoms. The van der Waals surface area contributed by atoms with Crippen LogP contribution in [0.3, 0.4) is 0 Å². The Labute approximate surface area is 159 Å². The summed E-state index contributed by atoms with van der Waals surface area (Å²) in [5, 5.41) is 14.2. The summed E-state index contributed by atoms with van der Waals surface area (Å²) in [6.07, 6.45) is -0.492. The normalized spacial score (nSPS) is 12.3. The lowest BCUT2D eigenvalue weighted by Crippen LogP contribution is -2.30. The van der Waals surface area contributed by atoms with Gasteiger partial charge in [0.05, 0.1) is 11.4 Å². The van der Waals surface area contributed by atoms with Crippen molar-refractivity contribution in [1.82, 2.24) is 34.5 Å². The quantitative estimate of drug-likeness (QED) is 0.685. The van der Waals surface area contributed by atoms with Crippen molar-refractivity contribution in [1.29, 1.82) is 0 Å². The minimum absolute atomic E-state index is 0.0220. The molecule has 0 bridgehead atoms. The number of aromatic nitrogens is 7. The molecule has 3 rings (SSSR count). The Morgan fingerprint density at radius 3 is 2.39 bits per heavy atom. The van der Waals surface area contributed by atoms with Crippen LogP contribution in [0.2, 0.25) is 0 Å². The summed E-state index contributed by atoms with van der Waals surface area (Å²) in [4.78, 5) is 12.0. The van der Waals surface area contributed by atoms with Gasteiger partial charge in [0.15, 0.2) is 5.82 Å². The smallest absolute Gasteiger partial charge is 0.372 e. The van der Waals surface area contributed by atoms with E-state index >= 15 is 0 Å². The Bertz CT molecular complexity index is 988. The topological polar surface area (TPSA) is 98.4 Å². The van der Waals surface area contributed by atoms with E-state index in [4.69, 9.17) is 0 Å². The van der Waals surface area contributed by atoms with E-state index in [2.05, 4.69) is 35.8 Å². The molecular weight excluding hydrogens is 375 g/mol. The fourth-order valence-corrected chi connectivity index (χ4v) is 2.55. The minimum Gasteiger partial charge on any atom is -0.372 e. The number of hydrogen-bond donors (Lipinski definition) is 2. The largest absolute Gasteiger partial charge is 0.421 e. The Morgan fingerprint density at radius 2 is 1.82 bits per heavy atom. The molecule has 3 aromatic rings. The van der Waals surface area contributed by atoms with Crippen LogP contribution in [0.15, 0.2) is 18.7 Å². The molecular formula is C16H20F3N9. The van der Waals surface area contributed by atoms with Crippen LogP contribution >= 0.6 is 0 Å². The van der Waals surface area contributed by atoms with Gasteiger partial charge in [-0.2, -0.15) is 28.4 Å². The highest BCUT2D eigenvalue weighted by atomic mass is 19.4. The van der Waals surface area contributed by atoms with Crippen LogP contribution in [0.25, 0.3) is 0 Å². The number of nitrogens with zero attached hydrogens (tertiary/aromatic N) is 7. The molecule has 150 valence electrons. The van der Waals surface area contributed by atoms with Crippen molar-refractivity contribution < 1.29 is 13.2 Å². The number of rotatable bonds is 5. The van der Waals surface area contributed by atoms with Gasteiger partial charge in [-0.05, 0) is 20.8 Å². The van der Waals surface area contributed by atoms with Crippen molar-refractivity contribution in [3.63, 3.8) is 0 Å². The van der Waals surface area contributed by atoms with Crippen LogP contribution in [0.1, 0.15) is 30.9 Å². The predicted octanol–water partition coefficient (Wildman–Crippen LogP) is 2.70. The number of nitrogens with one attached hydrogen (secondary N) is 2. The van der Waals surface area contributed by atoms with Crippen LogP contribution in [0.5, 0.6) is 0 Å². The van der Waals surface area contributed by atoms with E-state index in [-0.39, 0.29) is 11.8 Å². The van der Waals surface area contributed by atoms with Crippen LogP contribution in [0, 0.1) is 6.92 Å². The number of hydrogen-bond acceptors (Lipinski definition) is 7. The molecule has 0 spiro atoms. The van der Waals surface area contributed by atoms with Crippen LogP contribution in [-0.4, -0.2) is 41.6 Å². The highest BCUT2D eigenvalue weighted by molar-refractivity contribution is 5.58. The molecule has 0 saturated carbocycles. The molecule has 0 unspecified atom stereocenters. The first-order valence-electron chi connectivity index (χ1n) is 8.34.